The minimum atomic E-state index is -0.314. The van der Waals surface area contributed by atoms with Gasteiger partial charge in [-0.2, -0.15) is 0 Å². The molecule has 4 aromatic rings. The van der Waals surface area contributed by atoms with E-state index in [1.165, 1.54) is 4.52 Å². The topological polar surface area (TPSA) is 76.5 Å². The van der Waals surface area contributed by atoms with Gasteiger partial charge < -0.3 is 4.74 Å². The Morgan fingerprint density at radius 1 is 1.25 bits per heavy atom. The van der Waals surface area contributed by atoms with Crippen LogP contribution in [0.2, 0.25) is 0 Å². The summed E-state index contributed by atoms with van der Waals surface area (Å²) >= 11 is 1.61. The van der Waals surface area contributed by atoms with E-state index in [0.29, 0.717) is 24.2 Å². The minimum Gasteiger partial charge on any atom is -0.466 e. The fourth-order valence-corrected chi connectivity index (χ4v) is 4.01. The van der Waals surface area contributed by atoms with Gasteiger partial charge in [-0.05, 0) is 35.9 Å². The molecule has 1 aromatic carbocycles. The second-order valence-corrected chi connectivity index (χ2v) is 7.22. The van der Waals surface area contributed by atoms with Crippen molar-refractivity contribution in [3.05, 3.63) is 70.1 Å². The van der Waals surface area contributed by atoms with Crippen LogP contribution in [0.15, 0.2) is 59.0 Å². The summed E-state index contributed by atoms with van der Waals surface area (Å²) in [5, 5.41) is 5.09. The Bertz CT molecular complexity index is 1170. The molecular weight excluding hydrogens is 374 g/mol. The van der Waals surface area contributed by atoms with Crippen LogP contribution < -0.4 is 5.56 Å². The molecule has 4 rings (SSSR count). The number of hydrogen-bond donors (Lipinski definition) is 1. The Hall–Kier alpha value is -3.19. The SMILES string of the molecule is CCOC(=O)CCc1cnc2c(-c3cc(-c4ccccc4)cs3)c[nH]n2c1=O. The molecular formula is C21H19N3O3S. The van der Waals surface area contributed by atoms with Crippen LogP contribution in [0, 0.1) is 0 Å². The van der Waals surface area contributed by atoms with Crippen molar-refractivity contribution in [3.63, 3.8) is 0 Å². The highest BCUT2D eigenvalue weighted by Crippen LogP contribution is 2.33. The highest BCUT2D eigenvalue weighted by Gasteiger charge is 2.14. The lowest BCUT2D eigenvalue weighted by atomic mass is 10.1. The highest BCUT2D eigenvalue weighted by atomic mass is 32.1. The van der Waals surface area contributed by atoms with Gasteiger partial charge in [0, 0.05) is 29.3 Å². The number of H-pyrrole nitrogens is 1. The normalized spacial score (nSPS) is 11.0. The summed E-state index contributed by atoms with van der Waals surface area (Å²) in [5.41, 5.74) is 4.02. The molecule has 3 aromatic heterocycles. The third-order valence-corrected chi connectivity index (χ3v) is 5.45. The van der Waals surface area contributed by atoms with E-state index in [2.05, 4.69) is 33.7 Å². The van der Waals surface area contributed by atoms with Gasteiger partial charge in [-0.3, -0.25) is 14.7 Å². The van der Waals surface area contributed by atoms with E-state index >= 15 is 0 Å². The van der Waals surface area contributed by atoms with E-state index in [1.807, 2.05) is 18.2 Å². The quantitative estimate of drug-likeness (QED) is 0.504. The second kappa shape index (κ2) is 7.82. The summed E-state index contributed by atoms with van der Waals surface area (Å²) < 4.78 is 6.35. The number of carbonyl (C=O) groups is 1. The van der Waals surface area contributed by atoms with Gasteiger partial charge in [0.05, 0.1) is 12.2 Å². The van der Waals surface area contributed by atoms with Gasteiger partial charge in [0.15, 0.2) is 5.65 Å². The Kier molecular flexibility index (Phi) is 5.08. The first-order chi connectivity index (χ1) is 13.7. The zero-order valence-electron chi connectivity index (χ0n) is 15.3. The van der Waals surface area contributed by atoms with E-state index in [0.717, 1.165) is 21.6 Å². The Morgan fingerprint density at radius 3 is 2.86 bits per heavy atom. The number of ether oxygens (including phenoxy) is 1. The average molecular weight is 393 g/mol. The Labute approximate surface area is 165 Å². The summed E-state index contributed by atoms with van der Waals surface area (Å²) in [6.07, 6.45) is 3.81. The maximum Gasteiger partial charge on any atom is 0.306 e. The Balaban J connectivity index is 1.64. The van der Waals surface area contributed by atoms with Gasteiger partial charge in [-0.15, -0.1) is 11.3 Å². The van der Waals surface area contributed by atoms with Crippen LogP contribution in [0.5, 0.6) is 0 Å². The first kappa shape index (κ1) is 18.2. The number of rotatable bonds is 6. The van der Waals surface area contributed by atoms with Crippen molar-refractivity contribution in [2.75, 3.05) is 6.61 Å². The molecule has 0 saturated carbocycles. The van der Waals surface area contributed by atoms with Crippen LogP contribution in [0.1, 0.15) is 18.9 Å². The third kappa shape index (κ3) is 3.48. The number of aromatic amines is 1. The van der Waals surface area contributed by atoms with Crippen molar-refractivity contribution in [2.45, 2.75) is 19.8 Å². The smallest absolute Gasteiger partial charge is 0.306 e. The summed E-state index contributed by atoms with van der Waals surface area (Å²) in [6, 6.07) is 12.3. The van der Waals surface area contributed by atoms with Gasteiger partial charge in [-0.25, -0.2) is 9.50 Å². The number of esters is 1. The molecule has 0 saturated heterocycles. The molecule has 6 nitrogen and oxygen atoms in total. The van der Waals surface area contributed by atoms with Crippen molar-refractivity contribution in [3.8, 4) is 21.6 Å². The number of hydrogen-bond acceptors (Lipinski definition) is 5. The van der Waals surface area contributed by atoms with E-state index in [1.54, 1.807) is 30.7 Å². The monoisotopic (exact) mass is 393 g/mol. The first-order valence-electron chi connectivity index (χ1n) is 9.05. The van der Waals surface area contributed by atoms with E-state index in [-0.39, 0.29) is 17.9 Å². The van der Waals surface area contributed by atoms with Crippen LogP contribution >= 0.6 is 11.3 Å². The molecule has 0 aliphatic carbocycles. The predicted octanol–water partition coefficient (Wildman–Crippen LogP) is 3.91. The van der Waals surface area contributed by atoms with Gasteiger partial charge in [0.25, 0.3) is 5.56 Å². The van der Waals surface area contributed by atoms with E-state index in [4.69, 9.17) is 4.74 Å². The van der Waals surface area contributed by atoms with E-state index < -0.39 is 0 Å². The molecule has 0 spiro atoms. The number of nitrogens with zero attached hydrogens (tertiary/aromatic N) is 2. The van der Waals surface area contributed by atoms with Crippen molar-refractivity contribution in [1.82, 2.24) is 14.6 Å². The molecule has 142 valence electrons. The van der Waals surface area contributed by atoms with Crippen molar-refractivity contribution in [1.29, 1.82) is 0 Å². The lowest BCUT2D eigenvalue weighted by Gasteiger charge is -2.02. The van der Waals surface area contributed by atoms with Crippen molar-refractivity contribution in [2.24, 2.45) is 0 Å². The van der Waals surface area contributed by atoms with Crippen molar-refractivity contribution < 1.29 is 9.53 Å². The molecule has 7 heteroatoms. The largest absolute Gasteiger partial charge is 0.466 e. The zero-order chi connectivity index (χ0) is 19.5. The number of aryl methyl sites for hydroxylation is 1. The van der Waals surface area contributed by atoms with Gasteiger partial charge in [0.1, 0.15) is 0 Å². The highest BCUT2D eigenvalue weighted by molar-refractivity contribution is 7.14. The fraction of sp³-hybridized carbons (Fsp3) is 0.190. The first-order valence-corrected chi connectivity index (χ1v) is 9.93. The standard InChI is InChI=1S/C21H19N3O3S/c1-2-27-19(25)9-8-15-11-22-20-17(12-23-24(20)21(15)26)18-10-16(13-28-18)14-6-4-3-5-7-14/h3-7,10-13,23H,2,8-9H2,1H3. The number of fused-ring (bicyclic) bond motifs is 1. The third-order valence-electron chi connectivity index (χ3n) is 4.49. The molecule has 0 aliphatic rings. The number of thiophene rings is 1. The zero-order valence-corrected chi connectivity index (χ0v) is 16.2. The molecule has 0 unspecified atom stereocenters. The lowest BCUT2D eigenvalue weighted by Crippen LogP contribution is -2.20. The summed E-state index contributed by atoms with van der Waals surface area (Å²) in [7, 11) is 0. The minimum absolute atomic E-state index is 0.162. The lowest BCUT2D eigenvalue weighted by molar-refractivity contribution is -0.143. The number of nitrogens with one attached hydrogen (secondary N) is 1. The molecule has 0 amide bonds. The summed E-state index contributed by atoms with van der Waals surface area (Å²) in [4.78, 5) is 29.8. The number of benzene rings is 1. The van der Waals surface area contributed by atoms with Gasteiger partial charge >= 0.3 is 5.97 Å². The van der Waals surface area contributed by atoms with E-state index in [9.17, 15) is 9.59 Å². The second-order valence-electron chi connectivity index (χ2n) is 6.31. The predicted molar refractivity (Wildman–Crippen MR) is 110 cm³/mol. The molecule has 0 atom stereocenters. The van der Waals surface area contributed by atoms with Crippen LogP contribution in [-0.4, -0.2) is 27.2 Å². The molecule has 28 heavy (non-hydrogen) atoms. The molecule has 0 bridgehead atoms. The molecule has 0 fully saturated rings. The fourth-order valence-electron chi connectivity index (χ4n) is 3.08. The Morgan fingerprint density at radius 2 is 2.07 bits per heavy atom. The average Bonchev–Trinajstić information content (AvgIpc) is 3.36. The van der Waals surface area contributed by atoms with Crippen LogP contribution in [0.25, 0.3) is 27.2 Å². The molecule has 3 heterocycles. The number of aromatic nitrogens is 3. The summed E-state index contributed by atoms with van der Waals surface area (Å²) in [6.45, 7) is 2.09. The van der Waals surface area contributed by atoms with Gasteiger partial charge in [-0.1, -0.05) is 30.3 Å². The molecule has 1 N–H and O–H groups in total. The maximum absolute atomic E-state index is 12.7. The van der Waals surface area contributed by atoms with Crippen LogP contribution in [0.4, 0.5) is 0 Å². The number of carbonyl (C=O) groups excluding carboxylic acids is 1. The van der Waals surface area contributed by atoms with Crippen LogP contribution in [0.3, 0.4) is 0 Å². The maximum atomic E-state index is 12.7. The summed E-state index contributed by atoms with van der Waals surface area (Å²) in [5.74, 6) is -0.314. The molecule has 0 aliphatic heterocycles. The van der Waals surface area contributed by atoms with Crippen molar-refractivity contribution >= 4 is 23.0 Å². The van der Waals surface area contributed by atoms with Gasteiger partial charge in [0.2, 0.25) is 0 Å². The molecule has 0 radical (unpaired) electrons. The van der Waals surface area contributed by atoms with Crippen LogP contribution in [-0.2, 0) is 16.0 Å².